The zero-order valence-electron chi connectivity index (χ0n) is 13.9. The smallest absolute Gasteiger partial charge is 0.319 e. The van der Waals surface area contributed by atoms with E-state index in [9.17, 15) is 9.59 Å². The number of pyridine rings is 1. The van der Waals surface area contributed by atoms with Crippen molar-refractivity contribution in [2.45, 2.75) is 6.04 Å². The summed E-state index contributed by atoms with van der Waals surface area (Å²) in [5.41, 5.74) is 6.03. The number of imide groups is 1. The van der Waals surface area contributed by atoms with Gasteiger partial charge in [0.15, 0.2) is 6.04 Å². The van der Waals surface area contributed by atoms with Gasteiger partial charge in [-0.1, -0.05) is 36.4 Å². The molecule has 7 heteroatoms. The monoisotopic (exact) mass is 341 g/mol. The average Bonchev–Trinajstić information content (AvgIpc) is 2.63. The molecule has 1 atom stereocenters. The van der Waals surface area contributed by atoms with E-state index in [-0.39, 0.29) is 5.91 Å². The lowest BCUT2D eigenvalue weighted by Crippen LogP contribution is -3.16. The van der Waals surface area contributed by atoms with E-state index >= 15 is 0 Å². The first-order valence-corrected chi connectivity index (χ1v) is 8.36. The van der Waals surface area contributed by atoms with Crippen LogP contribution in [0.3, 0.4) is 0 Å². The molecule has 25 heavy (non-hydrogen) atoms. The molecular weight excluding hydrogens is 318 g/mol. The SMILES string of the molecule is NC(=O)NC(=O)[C@H](c1ccccc1)[NH+]1CCN(c2cccc[nH+]2)CC1. The fourth-order valence-electron chi connectivity index (χ4n) is 3.32. The highest BCUT2D eigenvalue weighted by Gasteiger charge is 2.36. The maximum atomic E-state index is 12.6. The fourth-order valence-corrected chi connectivity index (χ4v) is 3.32. The lowest BCUT2D eigenvalue weighted by molar-refractivity contribution is -0.922. The van der Waals surface area contributed by atoms with Crippen LogP contribution in [0.15, 0.2) is 54.7 Å². The molecule has 2 aromatic rings. The van der Waals surface area contributed by atoms with E-state index in [1.165, 1.54) is 0 Å². The van der Waals surface area contributed by atoms with Crippen LogP contribution < -0.4 is 25.8 Å². The number of hydrogen-bond acceptors (Lipinski definition) is 3. The molecular formula is C18H23N5O2+2. The molecule has 1 fully saturated rings. The Morgan fingerprint density at radius 3 is 2.36 bits per heavy atom. The van der Waals surface area contributed by atoms with Crippen LogP contribution in [0.1, 0.15) is 11.6 Å². The molecule has 0 radical (unpaired) electrons. The second kappa shape index (κ2) is 7.76. The fraction of sp³-hybridized carbons (Fsp3) is 0.278. The van der Waals surface area contributed by atoms with Crippen LogP contribution in [0, 0.1) is 0 Å². The first kappa shape index (κ1) is 16.9. The maximum Gasteiger partial charge on any atom is 0.319 e. The number of quaternary nitrogens is 1. The molecule has 130 valence electrons. The number of amides is 3. The number of aromatic nitrogens is 1. The Labute approximate surface area is 146 Å². The van der Waals surface area contributed by atoms with Gasteiger partial charge in [0.05, 0.1) is 6.20 Å². The van der Waals surface area contributed by atoms with Crippen LogP contribution in [-0.4, -0.2) is 38.1 Å². The predicted octanol–water partition coefficient (Wildman–Crippen LogP) is -0.858. The number of urea groups is 1. The first-order valence-electron chi connectivity index (χ1n) is 8.36. The number of carbonyl (C=O) groups excluding carboxylic acids is 2. The predicted molar refractivity (Wildman–Crippen MR) is 92.8 cm³/mol. The first-order chi connectivity index (χ1) is 12.1. The van der Waals surface area contributed by atoms with E-state index in [4.69, 9.17) is 5.73 Å². The topological polar surface area (TPSA) is 94.0 Å². The quantitative estimate of drug-likeness (QED) is 0.676. The summed E-state index contributed by atoms with van der Waals surface area (Å²) >= 11 is 0. The summed E-state index contributed by atoms with van der Waals surface area (Å²) in [5.74, 6) is 0.716. The van der Waals surface area contributed by atoms with Gasteiger partial charge in [-0.2, -0.15) is 0 Å². The number of nitrogens with one attached hydrogen (secondary N) is 3. The summed E-state index contributed by atoms with van der Waals surface area (Å²) in [6.07, 6.45) is 1.90. The number of carbonyl (C=O) groups is 2. The molecule has 2 heterocycles. The van der Waals surface area contributed by atoms with Crippen LogP contribution in [0.2, 0.25) is 0 Å². The third kappa shape index (κ3) is 4.13. The highest BCUT2D eigenvalue weighted by Crippen LogP contribution is 2.11. The van der Waals surface area contributed by atoms with Crippen LogP contribution >= 0.6 is 0 Å². The number of nitrogens with zero attached hydrogens (tertiary/aromatic N) is 1. The molecule has 1 saturated heterocycles. The molecule has 3 amide bonds. The van der Waals surface area contributed by atoms with Gasteiger partial charge < -0.3 is 10.6 Å². The van der Waals surface area contributed by atoms with E-state index in [0.29, 0.717) is 0 Å². The highest BCUT2D eigenvalue weighted by atomic mass is 16.2. The molecule has 1 aliphatic heterocycles. The Balaban J connectivity index is 1.74. The van der Waals surface area contributed by atoms with Crippen molar-refractivity contribution in [1.29, 1.82) is 0 Å². The van der Waals surface area contributed by atoms with Gasteiger partial charge in [-0.05, 0) is 6.07 Å². The Hall–Kier alpha value is -2.93. The van der Waals surface area contributed by atoms with Crippen LogP contribution in [0.25, 0.3) is 0 Å². The molecule has 0 spiro atoms. The van der Waals surface area contributed by atoms with E-state index in [1.807, 2.05) is 54.7 Å². The van der Waals surface area contributed by atoms with Gasteiger partial charge in [-0.25, -0.2) is 9.78 Å². The van der Waals surface area contributed by atoms with Crippen molar-refractivity contribution in [2.24, 2.45) is 5.73 Å². The standard InChI is InChI=1S/C18H21N5O2/c19-18(25)21-17(24)16(14-6-2-1-3-7-14)23-12-10-22(11-13-23)15-8-4-5-9-20-15/h1-9,16H,10-13H2,(H3,19,21,24,25)/p+2/t16-/m0/s1. The number of benzene rings is 1. The maximum absolute atomic E-state index is 12.6. The van der Waals surface area contributed by atoms with E-state index in [0.717, 1.165) is 42.5 Å². The highest BCUT2D eigenvalue weighted by molar-refractivity contribution is 5.96. The molecule has 3 rings (SSSR count). The van der Waals surface area contributed by atoms with E-state index in [1.54, 1.807) is 0 Å². The number of hydrogen-bond donors (Lipinski definition) is 3. The largest absolute Gasteiger partial charge is 0.351 e. The van der Waals surface area contributed by atoms with E-state index < -0.39 is 12.1 Å². The van der Waals surface area contributed by atoms with Crippen molar-refractivity contribution in [3.63, 3.8) is 0 Å². The Kier molecular flexibility index (Phi) is 5.25. The molecule has 0 saturated carbocycles. The zero-order valence-corrected chi connectivity index (χ0v) is 13.9. The molecule has 7 nitrogen and oxygen atoms in total. The van der Waals surface area contributed by atoms with Crippen molar-refractivity contribution in [3.8, 4) is 0 Å². The van der Waals surface area contributed by atoms with Crippen molar-refractivity contribution in [2.75, 3.05) is 31.1 Å². The van der Waals surface area contributed by atoms with Crippen molar-refractivity contribution < 1.29 is 19.5 Å². The van der Waals surface area contributed by atoms with Gasteiger partial charge in [-0.15, -0.1) is 0 Å². The van der Waals surface area contributed by atoms with Crippen molar-refractivity contribution in [1.82, 2.24) is 5.32 Å². The van der Waals surface area contributed by atoms with Crippen molar-refractivity contribution >= 4 is 17.8 Å². The number of anilines is 1. The number of aromatic amines is 1. The summed E-state index contributed by atoms with van der Waals surface area (Å²) in [5, 5.41) is 2.24. The third-order valence-corrected chi connectivity index (χ3v) is 4.49. The number of rotatable bonds is 4. The summed E-state index contributed by atoms with van der Waals surface area (Å²) in [6.45, 7) is 3.22. The Morgan fingerprint density at radius 1 is 1.08 bits per heavy atom. The summed E-state index contributed by atoms with van der Waals surface area (Å²) in [6, 6.07) is 14.3. The number of primary amides is 1. The minimum atomic E-state index is -0.817. The number of nitrogens with two attached hydrogens (primary N) is 1. The molecule has 0 bridgehead atoms. The molecule has 1 aromatic heterocycles. The molecule has 1 aromatic carbocycles. The van der Waals surface area contributed by atoms with Crippen LogP contribution in [0.4, 0.5) is 10.6 Å². The lowest BCUT2D eigenvalue weighted by Gasteiger charge is -2.33. The minimum absolute atomic E-state index is 0.353. The molecule has 0 aliphatic carbocycles. The lowest BCUT2D eigenvalue weighted by atomic mass is 10.0. The summed E-state index contributed by atoms with van der Waals surface area (Å²) in [7, 11) is 0. The van der Waals surface area contributed by atoms with Crippen LogP contribution in [-0.2, 0) is 4.79 Å². The Morgan fingerprint density at radius 2 is 1.76 bits per heavy atom. The van der Waals surface area contributed by atoms with Gasteiger partial charge >= 0.3 is 6.03 Å². The molecule has 5 N–H and O–H groups in total. The van der Waals surface area contributed by atoms with Gasteiger partial charge in [0.2, 0.25) is 0 Å². The van der Waals surface area contributed by atoms with Crippen LogP contribution in [0.5, 0.6) is 0 Å². The third-order valence-electron chi connectivity index (χ3n) is 4.49. The van der Waals surface area contributed by atoms with Gasteiger partial charge in [0.1, 0.15) is 26.2 Å². The van der Waals surface area contributed by atoms with Gasteiger partial charge in [0.25, 0.3) is 11.7 Å². The second-order valence-corrected chi connectivity index (χ2v) is 6.09. The van der Waals surface area contributed by atoms with E-state index in [2.05, 4.69) is 15.2 Å². The second-order valence-electron chi connectivity index (χ2n) is 6.09. The van der Waals surface area contributed by atoms with Crippen molar-refractivity contribution in [3.05, 3.63) is 60.3 Å². The molecule has 1 aliphatic rings. The van der Waals surface area contributed by atoms with Gasteiger partial charge in [-0.3, -0.25) is 15.0 Å². The Bertz CT molecular complexity index is 715. The van der Waals surface area contributed by atoms with Gasteiger partial charge in [0, 0.05) is 11.6 Å². The normalized spacial score (nSPS) is 16.2. The summed E-state index contributed by atoms with van der Waals surface area (Å²) < 4.78 is 0. The number of piperazine rings is 1. The average molecular weight is 341 g/mol. The minimum Gasteiger partial charge on any atom is -0.351 e. The number of H-pyrrole nitrogens is 1. The zero-order chi connectivity index (χ0) is 17.6. The summed E-state index contributed by atoms with van der Waals surface area (Å²) in [4.78, 5) is 30.3. The molecule has 0 unspecified atom stereocenters.